The molecule has 0 saturated carbocycles. The minimum absolute atomic E-state index is 0.298. The first-order valence-corrected chi connectivity index (χ1v) is 6.02. The van der Waals surface area contributed by atoms with Gasteiger partial charge in [-0.1, -0.05) is 12.2 Å². The van der Waals surface area contributed by atoms with Crippen LogP contribution < -0.4 is 10.6 Å². The van der Waals surface area contributed by atoms with Crippen LogP contribution in [0.1, 0.15) is 19.5 Å². The number of nitrogens with two attached hydrogens (primary N) is 1. The first-order chi connectivity index (χ1) is 8.10. The van der Waals surface area contributed by atoms with E-state index in [0.29, 0.717) is 23.3 Å². The van der Waals surface area contributed by atoms with Crippen LogP contribution in [0, 0.1) is 0 Å². The van der Waals surface area contributed by atoms with Gasteiger partial charge in [-0.25, -0.2) is 0 Å². The molecule has 0 aromatic carbocycles. The highest BCUT2D eigenvalue weighted by molar-refractivity contribution is 7.80. The van der Waals surface area contributed by atoms with Crippen LogP contribution in [0.25, 0.3) is 0 Å². The lowest BCUT2D eigenvalue weighted by Gasteiger charge is -2.29. The zero-order valence-electron chi connectivity index (χ0n) is 10.5. The molecule has 2 N–H and O–H groups in total. The van der Waals surface area contributed by atoms with Gasteiger partial charge in [-0.3, -0.25) is 4.98 Å². The Morgan fingerprint density at radius 3 is 2.88 bits per heavy atom. The lowest BCUT2D eigenvalue weighted by molar-refractivity contribution is 0.182. The van der Waals surface area contributed by atoms with E-state index in [-0.39, 0.29) is 0 Å². The first-order valence-electron chi connectivity index (χ1n) is 5.61. The van der Waals surface area contributed by atoms with Crippen molar-refractivity contribution in [2.45, 2.75) is 19.9 Å². The van der Waals surface area contributed by atoms with Crippen LogP contribution in [-0.2, 0) is 4.74 Å². The van der Waals surface area contributed by atoms with Crippen LogP contribution in [-0.4, -0.2) is 36.3 Å². The van der Waals surface area contributed by atoms with E-state index >= 15 is 0 Å². The standard InChI is InChI=1S/C12H19N3OS/c1-4-15(9(2)8-16-3)10-5-6-14-11(7-10)12(13)17/h5-7,9H,4,8H2,1-3H3,(H2,13,17). The van der Waals surface area contributed by atoms with Gasteiger partial charge in [-0.15, -0.1) is 0 Å². The molecular weight excluding hydrogens is 234 g/mol. The van der Waals surface area contributed by atoms with Crippen molar-refractivity contribution < 1.29 is 4.74 Å². The average Bonchev–Trinajstić information content (AvgIpc) is 2.30. The van der Waals surface area contributed by atoms with Crippen LogP contribution in [0.3, 0.4) is 0 Å². The summed E-state index contributed by atoms with van der Waals surface area (Å²) in [5.74, 6) is 0. The van der Waals surface area contributed by atoms with E-state index in [9.17, 15) is 0 Å². The van der Waals surface area contributed by atoms with Crippen LogP contribution >= 0.6 is 12.2 Å². The fourth-order valence-corrected chi connectivity index (χ4v) is 1.92. The van der Waals surface area contributed by atoms with Gasteiger partial charge in [0.05, 0.1) is 12.3 Å². The lowest BCUT2D eigenvalue weighted by atomic mass is 10.2. The molecule has 1 heterocycles. The topological polar surface area (TPSA) is 51.4 Å². The Morgan fingerprint density at radius 2 is 2.35 bits per heavy atom. The fraction of sp³-hybridized carbons (Fsp3) is 0.500. The summed E-state index contributed by atoms with van der Waals surface area (Å²) < 4.78 is 5.18. The minimum atomic E-state index is 0.298. The monoisotopic (exact) mass is 253 g/mol. The normalized spacial score (nSPS) is 12.2. The van der Waals surface area contributed by atoms with Crippen LogP contribution in [0.4, 0.5) is 5.69 Å². The number of ether oxygens (including phenoxy) is 1. The SMILES string of the molecule is CCN(c1ccnc(C(N)=S)c1)C(C)COC. The maximum atomic E-state index is 5.58. The number of pyridine rings is 1. The highest BCUT2D eigenvalue weighted by Crippen LogP contribution is 2.17. The highest BCUT2D eigenvalue weighted by atomic mass is 32.1. The van der Waals surface area contributed by atoms with Gasteiger partial charge in [-0.2, -0.15) is 0 Å². The fourth-order valence-electron chi connectivity index (χ4n) is 1.81. The molecule has 1 aromatic rings. The van der Waals surface area contributed by atoms with Gasteiger partial charge in [0.15, 0.2) is 0 Å². The smallest absolute Gasteiger partial charge is 0.122 e. The van der Waals surface area contributed by atoms with E-state index in [2.05, 4.69) is 23.7 Å². The molecule has 0 amide bonds. The molecule has 0 aliphatic heterocycles. The van der Waals surface area contributed by atoms with Crippen molar-refractivity contribution in [2.75, 3.05) is 25.2 Å². The Kier molecular flexibility index (Phi) is 5.31. The Labute approximate surface area is 108 Å². The predicted octanol–water partition coefficient (Wildman–Crippen LogP) is 1.58. The van der Waals surface area contributed by atoms with Crippen LogP contribution in [0.2, 0.25) is 0 Å². The summed E-state index contributed by atoms with van der Waals surface area (Å²) in [7, 11) is 1.71. The number of rotatable bonds is 6. The molecule has 0 radical (unpaired) electrons. The summed E-state index contributed by atoms with van der Waals surface area (Å²) in [6.45, 7) is 5.80. The van der Waals surface area contributed by atoms with E-state index in [1.54, 1.807) is 13.3 Å². The predicted molar refractivity (Wildman–Crippen MR) is 74.5 cm³/mol. The van der Waals surface area contributed by atoms with Gasteiger partial charge >= 0.3 is 0 Å². The molecule has 0 aliphatic carbocycles. The molecule has 0 fully saturated rings. The molecule has 17 heavy (non-hydrogen) atoms. The Morgan fingerprint density at radius 1 is 1.65 bits per heavy atom. The second-order valence-corrected chi connectivity index (χ2v) is 4.29. The molecule has 0 saturated heterocycles. The number of anilines is 1. The number of thiocarbonyl (C=S) groups is 1. The molecule has 0 spiro atoms. The minimum Gasteiger partial charge on any atom is -0.388 e. The van der Waals surface area contributed by atoms with Crippen molar-refractivity contribution in [3.8, 4) is 0 Å². The third-order valence-corrected chi connectivity index (χ3v) is 2.82. The Bertz CT molecular complexity index is 384. The molecule has 4 nitrogen and oxygen atoms in total. The number of likely N-dealkylation sites (N-methyl/N-ethyl adjacent to an activating group) is 1. The maximum Gasteiger partial charge on any atom is 0.122 e. The number of nitrogens with zero attached hydrogens (tertiary/aromatic N) is 2. The molecule has 1 unspecified atom stereocenters. The molecule has 5 heteroatoms. The van der Waals surface area contributed by atoms with Gasteiger partial charge in [0, 0.05) is 31.6 Å². The molecule has 1 atom stereocenters. The molecular formula is C12H19N3OS. The quantitative estimate of drug-likeness (QED) is 0.780. The molecule has 1 aromatic heterocycles. The summed E-state index contributed by atoms with van der Waals surface area (Å²) in [4.78, 5) is 6.69. The molecule has 94 valence electrons. The number of methoxy groups -OCH3 is 1. The van der Waals surface area contributed by atoms with Gasteiger partial charge in [-0.05, 0) is 26.0 Å². The summed E-state index contributed by atoms with van der Waals surface area (Å²) in [6.07, 6.45) is 1.73. The van der Waals surface area contributed by atoms with E-state index in [1.807, 2.05) is 12.1 Å². The molecule has 0 aliphatic rings. The summed E-state index contributed by atoms with van der Waals surface area (Å²) in [5.41, 5.74) is 7.30. The highest BCUT2D eigenvalue weighted by Gasteiger charge is 2.13. The van der Waals surface area contributed by atoms with E-state index in [0.717, 1.165) is 12.2 Å². The first kappa shape index (κ1) is 13.9. The third-order valence-electron chi connectivity index (χ3n) is 2.61. The van der Waals surface area contributed by atoms with Gasteiger partial charge in [0.1, 0.15) is 4.99 Å². The molecule has 0 bridgehead atoms. The van der Waals surface area contributed by atoms with E-state index < -0.39 is 0 Å². The maximum absolute atomic E-state index is 5.58. The summed E-state index contributed by atoms with van der Waals surface area (Å²) >= 11 is 4.93. The zero-order valence-corrected chi connectivity index (χ0v) is 11.3. The second-order valence-electron chi connectivity index (χ2n) is 3.85. The summed E-state index contributed by atoms with van der Waals surface area (Å²) in [5, 5.41) is 0. The van der Waals surface area contributed by atoms with Gasteiger partial charge in [0.2, 0.25) is 0 Å². The Balaban J connectivity index is 2.95. The molecule has 1 rings (SSSR count). The lowest BCUT2D eigenvalue weighted by Crippen LogP contribution is -2.36. The number of hydrogen-bond acceptors (Lipinski definition) is 4. The van der Waals surface area contributed by atoms with E-state index in [1.165, 1.54) is 0 Å². The van der Waals surface area contributed by atoms with E-state index in [4.69, 9.17) is 22.7 Å². The summed E-state index contributed by atoms with van der Waals surface area (Å²) in [6, 6.07) is 4.17. The third kappa shape index (κ3) is 3.64. The van der Waals surface area contributed by atoms with Gasteiger partial charge in [0.25, 0.3) is 0 Å². The van der Waals surface area contributed by atoms with Gasteiger partial charge < -0.3 is 15.4 Å². The van der Waals surface area contributed by atoms with Crippen molar-refractivity contribution in [1.82, 2.24) is 4.98 Å². The average molecular weight is 253 g/mol. The van der Waals surface area contributed by atoms with Crippen LogP contribution in [0.15, 0.2) is 18.3 Å². The number of hydrogen-bond donors (Lipinski definition) is 1. The Hall–Kier alpha value is -1.20. The van der Waals surface area contributed by atoms with Crippen molar-refractivity contribution in [1.29, 1.82) is 0 Å². The van der Waals surface area contributed by atoms with Crippen molar-refractivity contribution in [3.63, 3.8) is 0 Å². The van der Waals surface area contributed by atoms with Crippen molar-refractivity contribution in [2.24, 2.45) is 5.73 Å². The number of aromatic nitrogens is 1. The van der Waals surface area contributed by atoms with Crippen molar-refractivity contribution >= 4 is 22.9 Å². The largest absolute Gasteiger partial charge is 0.388 e. The second kappa shape index (κ2) is 6.51. The van der Waals surface area contributed by atoms with Crippen molar-refractivity contribution in [3.05, 3.63) is 24.0 Å². The zero-order chi connectivity index (χ0) is 12.8. The van der Waals surface area contributed by atoms with Crippen LogP contribution in [0.5, 0.6) is 0 Å².